The van der Waals surface area contributed by atoms with E-state index in [0.717, 1.165) is 0 Å². The predicted octanol–water partition coefficient (Wildman–Crippen LogP) is 0.473. The number of nitrogens with zero attached hydrogens (tertiary/aromatic N) is 1. The summed E-state index contributed by atoms with van der Waals surface area (Å²) in [5, 5.41) is 13.4. The molecule has 0 aliphatic rings. The number of amides is 1. The maximum atomic E-state index is 10.7. The molecule has 0 aliphatic carbocycles. The van der Waals surface area contributed by atoms with Crippen molar-refractivity contribution in [2.75, 3.05) is 12.4 Å². The van der Waals surface area contributed by atoms with Crippen LogP contribution in [-0.2, 0) is 4.79 Å². The fraction of sp³-hybridized carbons (Fsp3) is 0.100. The number of carbonyl (C=O) groups excluding carboxylic acids is 1. The van der Waals surface area contributed by atoms with Crippen LogP contribution < -0.4 is 11.1 Å². The number of nitro groups is 1. The highest BCUT2D eigenvalue weighted by Gasteiger charge is 2.12. The number of nitro benzene ring substituents is 1. The van der Waals surface area contributed by atoms with Crippen LogP contribution in [0.1, 0.15) is 5.56 Å². The van der Waals surface area contributed by atoms with Gasteiger partial charge in [-0.25, -0.2) is 0 Å². The molecule has 0 unspecified atom stereocenters. The number of rotatable bonds is 2. The third-order valence-electron chi connectivity index (χ3n) is 1.79. The van der Waals surface area contributed by atoms with Crippen molar-refractivity contribution in [3.05, 3.63) is 33.9 Å². The molecule has 3 N–H and O–H groups in total. The Balaban J connectivity index is 3.18. The van der Waals surface area contributed by atoms with E-state index in [1.807, 2.05) is 0 Å². The van der Waals surface area contributed by atoms with Gasteiger partial charge in [-0.2, -0.15) is 0 Å². The molecule has 0 bridgehead atoms. The maximum absolute atomic E-state index is 10.7. The topological polar surface area (TPSA) is 98.3 Å². The lowest BCUT2D eigenvalue weighted by molar-refractivity contribution is -0.384. The first-order valence-corrected chi connectivity index (χ1v) is 4.32. The fourth-order valence-electron chi connectivity index (χ4n) is 1.11. The average molecular weight is 219 g/mol. The van der Waals surface area contributed by atoms with Gasteiger partial charge in [-0.15, -0.1) is 0 Å². The molecule has 82 valence electrons. The number of nitrogens with one attached hydrogen (secondary N) is 1. The Morgan fingerprint density at radius 1 is 1.56 bits per heavy atom. The van der Waals surface area contributed by atoms with E-state index in [0.29, 0.717) is 11.3 Å². The second-order valence-corrected chi connectivity index (χ2v) is 2.85. The van der Waals surface area contributed by atoms with Crippen LogP contribution in [0.4, 0.5) is 11.4 Å². The quantitative estimate of drug-likeness (QED) is 0.429. The Labute approximate surface area is 91.6 Å². The van der Waals surface area contributed by atoms with E-state index in [-0.39, 0.29) is 5.69 Å². The molecule has 1 rings (SSSR count). The van der Waals surface area contributed by atoms with Crippen molar-refractivity contribution in [2.24, 2.45) is 5.73 Å². The number of benzene rings is 1. The Morgan fingerprint density at radius 2 is 2.25 bits per heavy atom. The molecule has 1 aromatic rings. The first-order chi connectivity index (χ1) is 7.54. The van der Waals surface area contributed by atoms with E-state index >= 15 is 0 Å². The second kappa shape index (κ2) is 4.79. The van der Waals surface area contributed by atoms with Crippen molar-refractivity contribution in [3.63, 3.8) is 0 Å². The minimum absolute atomic E-state index is 0.0984. The van der Waals surface area contributed by atoms with Gasteiger partial charge in [0.2, 0.25) is 0 Å². The number of primary amides is 1. The van der Waals surface area contributed by atoms with Gasteiger partial charge >= 0.3 is 0 Å². The molecule has 0 saturated carbocycles. The molecule has 1 aromatic carbocycles. The minimum atomic E-state index is -0.777. The Morgan fingerprint density at radius 3 is 2.75 bits per heavy atom. The van der Waals surface area contributed by atoms with Gasteiger partial charge in [-0.3, -0.25) is 14.9 Å². The third-order valence-corrected chi connectivity index (χ3v) is 1.79. The molecular weight excluding hydrogens is 210 g/mol. The second-order valence-electron chi connectivity index (χ2n) is 2.85. The Bertz CT molecular complexity index is 500. The van der Waals surface area contributed by atoms with Gasteiger partial charge in [0.1, 0.15) is 5.69 Å². The predicted molar refractivity (Wildman–Crippen MR) is 58.7 cm³/mol. The van der Waals surface area contributed by atoms with Crippen LogP contribution in [-0.4, -0.2) is 17.9 Å². The van der Waals surface area contributed by atoms with Gasteiger partial charge in [-0.1, -0.05) is 5.92 Å². The molecule has 0 radical (unpaired) electrons. The zero-order valence-electron chi connectivity index (χ0n) is 8.48. The van der Waals surface area contributed by atoms with Gasteiger partial charge in [0.25, 0.3) is 11.6 Å². The lowest BCUT2D eigenvalue weighted by Crippen LogP contribution is -2.06. The molecule has 0 fully saturated rings. The highest BCUT2D eigenvalue weighted by atomic mass is 16.6. The molecule has 6 heteroatoms. The Hall–Kier alpha value is -2.55. The van der Waals surface area contributed by atoms with E-state index in [2.05, 4.69) is 17.2 Å². The number of hydrogen-bond acceptors (Lipinski definition) is 4. The highest BCUT2D eigenvalue weighted by Crippen LogP contribution is 2.24. The molecular formula is C10H9N3O3. The van der Waals surface area contributed by atoms with Crippen LogP contribution in [0.5, 0.6) is 0 Å². The first-order valence-electron chi connectivity index (χ1n) is 4.32. The maximum Gasteiger partial charge on any atom is 0.293 e. The van der Waals surface area contributed by atoms with Crippen LogP contribution >= 0.6 is 0 Å². The van der Waals surface area contributed by atoms with E-state index in [1.54, 1.807) is 13.1 Å². The third kappa shape index (κ3) is 2.72. The molecule has 0 spiro atoms. The van der Waals surface area contributed by atoms with E-state index in [9.17, 15) is 14.9 Å². The molecule has 0 atom stereocenters. The summed E-state index contributed by atoms with van der Waals surface area (Å²) >= 11 is 0. The average Bonchev–Trinajstić information content (AvgIpc) is 2.25. The molecule has 0 aromatic heterocycles. The van der Waals surface area contributed by atoms with Crippen molar-refractivity contribution >= 4 is 17.3 Å². The molecule has 0 aliphatic heterocycles. The van der Waals surface area contributed by atoms with Crippen molar-refractivity contribution < 1.29 is 9.72 Å². The summed E-state index contributed by atoms with van der Waals surface area (Å²) in [6.07, 6.45) is 0. The van der Waals surface area contributed by atoms with Crippen LogP contribution in [0.3, 0.4) is 0 Å². The number of hydrogen-bond donors (Lipinski definition) is 2. The zero-order chi connectivity index (χ0) is 12.1. The summed E-state index contributed by atoms with van der Waals surface area (Å²) in [5.74, 6) is 3.77. The molecule has 0 heterocycles. The van der Waals surface area contributed by atoms with Crippen LogP contribution in [0.2, 0.25) is 0 Å². The lowest BCUT2D eigenvalue weighted by Gasteiger charge is -2.01. The van der Waals surface area contributed by atoms with Crippen molar-refractivity contribution in [2.45, 2.75) is 0 Å². The summed E-state index contributed by atoms with van der Waals surface area (Å²) < 4.78 is 0. The summed E-state index contributed by atoms with van der Waals surface area (Å²) in [6, 6.07) is 4.36. The van der Waals surface area contributed by atoms with Gasteiger partial charge in [0, 0.05) is 18.7 Å². The van der Waals surface area contributed by atoms with Gasteiger partial charge in [0.05, 0.1) is 4.92 Å². The van der Waals surface area contributed by atoms with E-state index in [4.69, 9.17) is 5.73 Å². The lowest BCUT2D eigenvalue weighted by atomic mass is 10.2. The normalized spacial score (nSPS) is 8.81. The van der Waals surface area contributed by atoms with Gasteiger partial charge < -0.3 is 11.1 Å². The van der Waals surface area contributed by atoms with Crippen LogP contribution in [0, 0.1) is 22.0 Å². The van der Waals surface area contributed by atoms with Crippen LogP contribution in [0.25, 0.3) is 0 Å². The standard InChI is InChI=1S/C10H9N3O3/c1-12-8-4-2-7(3-5-10(11)14)6-9(8)13(15)16/h2,4,6,12H,1H3,(H2,11,14). The molecule has 0 saturated heterocycles. The summed E-state index contributed by atoms with van der Waals surface area (Å²) in [7, 11) is 1.58. The molecule has 6 nitrogen and oxygen atoms in total. The van der Waals surface area contributed by atoms with Gasteiger partial charge in [0.15, 0.2) is 0 Å². The highest BCUT2D eigenvalue weighted by molar-refractivity contribution is 5.92. The summed E-state index contributed by atoms with van der Waals surface area (Å²) in [4.78, 5) is 20.6. The van der Waals surface area contributed by atoms with Crippen molar-refractivity contribution in [1.82, 2.24) is 0 Å². The number of carbonyl (C=O) groups is 1. The van der Waals surface area contributed by atoms with Crippen molar-refractivity contribution in [1.29, 1.82) is 0 Å². The zero-order valence-corrected chi connectivity index (χ0v) is 8.48. The van der Waals surface area contributed by atoms with Gasteiger partial charge in [-0.05, 0) is 18.1 Å². The Kier molecular flexibility index (Phi) is 3.45. The fourth-order valence-corrected chi connectivity index (χ4v) is 1.11. The number of anilines is 1. The van der Waals surface area contributed by atoms with Crippen molar-refractivity contribution in [3.8, 4) is 11.8 Å². The molecule has 16 heavy (non-hydrogen) atoms. The monoisotopic (exact) mass is 219 g/mol. The van der Waals surface area contributed by atoms with E-state index in [1.165, 1.54) is 12.1 Å². The largest absolute Gasteiger partial charge is 0.383 e. The van der Waals surface area contributed by atoms with E-state index < -0.39 is 10.8 Å². The summed E-state index contributed by atoms with van der Waals surface area (Å²) in [6.45, 7) is 0. The smallest absolute Gasteiger partial charge is 0.293 e. The SMILES string of the molecule is CNc1ccc(C#CC(N)=O)cc1[N+](=O)[O-]. The minimum Gasteiger partial charge on any atom is -0.383 e. The summed E-state index contributed by atoms with van der Waals surface area (Å²) in [5.41, 5.74) is 5.49. The van der Waals surface area contributed by atoms with Crippen LogP contribution in [0.15, 0.2) is 18.2 Å². The molecule has 1 amide bonds. The number of nitrogens with two attached hydrogens (primary N) is 1. The first kappa shape index (κ1) is 11.5.